The van der Waals surface area contributed by atoms with Gasteiger partial charge in [-0.3, -0.25) is 14.2 Å². The molecule has 212 valence electrons. The highest BCUT2D eigenvalue weighted by Gasteiger charge is 2.47. The van der Waals surface area contributed by atoms with Crippen LogP contribution in [0.2, 0.25) is 5.02 Å². The van der Waals surface area contributed by atoms with E-state index in [1.54, 1.807) is 26.9 Å². The lowest BCUT2D eigenvalue weighted by Crippen LogP contribution is -2.61. The Hall–Kier alpha value is -3.19. The zero-order chi connectivity index (χ0) is 28.7. The van der Waals surface area contributed by atoms with Crippen LogP contribution in [0.3, 0.4) is 0 Å². The largest absolute Gasteiger partial charge is 0.380 e. The van der Waals surface area contributed by atoms with Gasteiger partial charge in [-0.2, -0.15) is 0 Å². The summed E-state index contributed by atoms with van der Waals surface area (Å²) >= 11 is 11.0. The standard InChI is InChI=1S/C28H27BrClN7O3S/c1-18-21(30)4-2-5-22(18)36-13-11-31-27(36)41-15-25(38)34-16-28(40,17-34)24-14-37(33-32-24)23-6-3-12-35(26(23)39)20-9-7-19(29)8-10-20/h2,4-5,7-11,13-14,23,40H,3,6,12,15-17H2,1H3. The van der Waals surface area contributed by atoms with E-state index in [9.17, 15) is 14.7 Å². The first-order valence-corrected chi connectivity index (χ1v) is 15.3. The van der Waals surface area contributed by atoms with E-state index in [4.69, 9.17) is 11.6 Å². The molecule has 2 aromatic heterocycles. The summed E-state index contributed by atoms with van der Waals surface area (Å²) in [5.41, 5.74) is 1.71. The zero-order valence-corrected chi connectivity index (χ0v) is 25.3. The number of β-amino-alcohol motifs (C(OH)–C–C–N with tert-alkyl or cyclic N) is 1. The Kier molecular flexibility index (Phi) is 7.66. The molecule has 41 heavy (non-hydrogen) atoms. The number of halogens is 2. The van der Waals surface area contributed by atoms with Crippen LogP contribution in [0.5, 0.6) is 0 Å². The third-order valence-electron chi connectivity index (χ3n) is 7.54. The van der Waals surface area contributed by atoms with Gasteiger partial charge in [0.05, 0.1) is 30.7 Å². The van der Waals surface area contributed by atoms with E-state index >= 15 is 0 Å². The highest BCUT2D eigenvalue weighted by molar-refractivity contribution is 9.10. The summed E-state index contributed by atoms with van der Waals surface area (Å²) in [6, 6.07) is 12.8. The molecular weight excluding hydrogens is 630 g/mol. The van der Waals surface area contributed by atoms with E-state index in [0.29, 0.717) is 28.8 Å². The molecule has 10 nitrogen and oxygen atoms in total. The van der Waals surface area contributed by atoms with Gasteiger partial charge in [0.2, 0.25) is 5.91 Å². The van der Waals surface area contributed by atoms with Gasteiger partial charge in [0, 0.05) is 34.1 Å². The number of amides is 2. The van der Waals surface area contributed by atoms with Crippen LogP contribution < -0.4 is 4.90 Å². The molecule has 1 N–H and O–H groups in total. The molecule has 2 fully saturated rings. The van der Waals surface area contributed by atoms with Crippen molar-refractivity contribution in [2.75, 3.05) is 30.3 Å². The van der Waals surface area contributed by atoms with Crippen molar-refractivity contribution in [3.8, 4) is 5.69 Å². The number of aliphatic hydroxyl groups is 1. The van der Waals surface area contributed by atoms with Crippen molar-refractivity contribution in [2.45, 2.75) is 36.6 Å². The van der Waals surface area contributed by atoms with Crippen LogP contribution in [0.4, 0.5) is 5.69 Å². The van der Waals surface area contributed by atoms with Crippen molar-refractivity contribution >= 4 is 56.8 Å². The number of likely N-dealkylation sites (tertiary alicyclic amines) is 1. The van der Waals surface area contributed by atoms with Crippen molar-refractivity contribution in [1.29, 1.82) is 0 Å². The first kappa shape index (κ1) is 28.0. The summed E-state index contributed by atoms with van der Waals surface area (Å²) in [6.45, 7) is 2.79. The molecule has 0 radical (unpaired) electrons. The van der Waals surface area contributed by atoms with Crippen LogP contribution in [0, 0.1) is 6.92 Å². The second kappa shape index (κ2) is 11.2. The number of benzene rings is 2. The Morgan fingerprint density at radius 1 is 1.22 bits per heavy atom. The van der Waals surface area contributed by atoms with Gasteiger partial charge in [-0.25, -0.2) is 9.67 Å². The summed E-state index contributed by atoms with van der Waals surface area (Å²) in [4.78, 5) is 34.0. The average molecular weight is 657 g/mol. The first-order valence-electron chi connectivity index (χ1n) is 13.1. The first-order chi connectivity index (χ1) is 19.7. The van der Waals surface area contributed by atoms with E-state index in [-0.39, 0.29) is 30.7 Å². The SMILES string of the molecule is Cc1c(Cl)cccc1-n1ccnc1SCC(=O)N1CC(O)(c2cn(C3CCCN(c4ccc(Br)cc4)C3=O)nn2)C1. The summed E-state index contributed by atoms with van der Waals surface area (Å²) in [7, 11) is 0. The fourth-order valence-electron chi connectivity index (χ4n) is 5.20. The number of hydrogen-bond donors (Lipinski definition) is 1. The number of piperidine rings is 1. The molecule has 2 aliphatic rings. The molecule has 2 aromatic carbocycles. The molecule has 0 bridgehead atoms. The molecule has 2 aliphatic heterocycles. The second-order valence-corrected chi connectivity index (χ2v) is 12.5. The molecule has 0 spiro atoms. The van der Waals surface area contributed by atoms with Crippen LogP contribution in [0.1, 0.15) is 30.1 Å². The number of aromatic nitrogens is 5. The summed E-state index contributed by atoms with van der Waals surface area (Å²) in [5.74, 6) is -0.00481. The summed E-state index contributed by atoms with van der Waals surface area (Å²) in [5, 5.41) is 20.9. The predicted octanol–water partition coefficient (Wildman–Crippen LogP) is 4.38. The maximum Gasteiger partial charge on any atom is 0.251 e. The Balaban J connectivity index is 1.07. The van der Waals surface area contributed by atoms with Crippen molar-refractivity contribution in [3.05, 3.63) is 81.8 Å². The van der Waals surface area contributed by atoms with Gasteiger partial charge in [0.1, 0.15) is 17.3 Å². The quantitative estimate of drug-likeness (QED) is 0.294. The fraction of sp³-hybridized carbons (Fsp3) is 0.321. The maximum atomic E-state index is 13.3. The molecular formula is C28H27BrClN7O3S. The number of nitrogens with zero attached hydrogens (tertiary/aromatic N) is 7. The molecule has 2 amide bonds. The highest BCUT2D eigenvalue weighted by atomic mass is 79.9. The van der Waals surface area contributed by atoms with E-state index in [0.717, 1.165) is 27.8 Å². The number of rotatable bonds is 7. The average Bonchev–Trinajstić information content (AvgIpc) is 3.63. The van der Waals surface area contributed by atoms with Crippen molar-refractivity contribution in [3.63, 3.8) is 0 Å². The third-order valence-corrected chi connectivity index (χ3v) is 9.43. The van der Waals surface area contributed by atoms with Crippen molar-refractivity contribution < 1.29 is 14.7 Å². The Bertz CT molecular complexity index is 1600. The lowest BCUT2D eigenvalue weighted by Gasteiger charge is -2.45. The highest BCUT2D eigenvalue weighted by Crippen LogP contribution is 2.34. The van der Waals surface area contributed by atoms with Gasteiger partial charge in [-0.1, -0.05) is 50.6 Å². The smallest absolute Gasteiger partial charge is 0.251 e. The number of carbonyl (C=O) groups excluding carboxylic acids is 2. The van der Waals surface area contributed by atoms with E-state index in [1.807, 2.05) is 60.2 Å². The minimum absolute atomic E-state index is 0.0595. The number of carbonyl (C=O) groups is 2. The Morgan fingerprint density at radius 2 is 2.00 bits per heavy atom. The molecule has 0 aliphatic carbocycles. The van der Waals surface area contributed by atoms with Crippen LogP contribution in [0.25, 0.3) is 5.69 Å². The molecule has 0 saturated carbocycles. The predicted molar refractivity (Wildman–Crippen MR) is 159 cm³/mol. The Labute approximate surface area is 254 Å². The fourth-order valence-corrected chi connectivity index (χ4v) is 6.50. The molecule has 4 aromatic rings. The minimum atomic E-state index is -1.31. The Morgan fingerprint density at radius 3 is 2.78 bits per heavy atom. The maximum absolute atomic E-state index is 13.3. The number of anilines is 1. The van der Waals surface area contributed by atoms with E-state index in [1.165, 1.54) is 11.8 Å². The number of thioether (sulfide) groups is 1. The van der Waals surface area contributed by atoms with E-state index in [2.05, 4.69) is 31.2 Å². The van der Waals surface area contributed by atoms with Crippen molar-refractivity contribution in [2.24, 2.45) is 0 Å². The van der Waals surface area contributed by atoms with Gasteiger partial charge < -0.3 is 14.9 Å². The molecule has 4 heterocycles. The van der Waals surface area contributed by atoms with Crippen LogP contribution in [0.15, 0.2) is 70.7 Å². The lowest BCUT2D eigenvalue weighted by molar-refractivity contribution is -0.155. The second-order valence-electron chi connectivity index (χ2n) is 10.2. The minimum Gasteiger partial charge on any atom is -0.380 e. The number of hydrogen-bond acceptors (Lipinski definition) is 7. The van der Waals surface area contributed by atoms with Gasteiger partial charge in [-0.15, -0.1) is 5.10 Å². The molecule has 1 atom stereocenters. The topological polar surface area (TPSA) is 109 Å². The summed E-state index contributed by atoms with van der Waals surface area (Å²) in [6.07, 6.45) is 6.62. The lowest BCUT2D eigenvalue weighted by atomic mass is 9.91. The molecule has 6 rings (SSSR count). The molecule has 2 saturated heterocycles. The normalized spacial score (nSPS) is 18.4. The third kappa shape index (κ3) is 5.41. The summed E-state index contributed by atoms with van der Waals surface area (Å²) < 4.78 is 4.40. The van der Waals surface area contributed by atoms with E-state index < -0.39 is 11.6 Å². The zero-order valence-electron chi connectivity index (χ0n) is 22.2. The van der Waals surface area contributed by atoms with Crippen LogP contribution >= 0.6 is 39.3 Å². The monoisotopic (exact) mass is 655 g/mol. The number of imidazole rings is 1. The van der Waals surface area contributed by atoms with Crippen molar-refractivity contribution in [1.82, 2.24) is 29.4 Å². The van der Waals surface area contributed by atoms with Crippen LogP contribution in [-0.2, 0) is 15.2 Å². The molecule has 1 unspecified atom stereocenters. The van der Waals surface area contributed by atoms with Gasteiger partial charge in [0.25, 0.3) is 5.91 Å². The van der Waals surface area contributed by atoms with Gasteiger partial charge in [-0.05, 0) is 61.7 Å². The van der Waals surface area contributed by atoms with Gasteiger partial charge in [0.15, 0.2) is 5.16 Å². The van der Waals surface area contributed by atoms with Crippen LogP contribution in [-0.4, -0.2) is 71.8 Å². The molecule has 13 heteroatoms. The van der Waals surface area contributed by atoms with Gasteiger partial charge >= 0.3 is 0 Å².